The molecule has 1 saturated heterocycles. The van der Waals surface area contributed by atoms with Crippen molar-refractivity contribution in [2.45, 2.75) is 19.8 Å². The van der Waals surface area contributed by atoms with Crippen LogP contribution in [0.25, 0.3) is 0 Å². The highest BCUT2D eigenvalue weighted by Gasteiger charge is 2.21. The highest BCUT2D eigenvalue weighted by atomic mass is 19.1. The summed E-state index contributed by atoms with van der Waals surface area (Å²) in [5.74, 6) is -0.0947. The van der Waals surface area contributed by atoms with Gasteiger partial charge in [0.25, 0.3) is 5.91 Å². The van der Waals surface area contributed by atoms with Crippen LogP contribution in [-0.2, 0) is 0 Å². The molecule has 4 nitrogen and oxygen atoms in total. The number of carbonyl (C=O) groups excluding carboxylic acids is 1. The third kappa shape index (κ3) is 2.93. The summed E-state index contributed by atoms with van der Waals surface area (Å²) in [4.78, 5) is 18.9. The first kappa shape index (κ1) is 14.5. The smallest absolute Gasteiger partial charge is 0.259 e. The lowest BCUT2D eigenvalue weighted by Gasteiger charge is -2.19. The second kappa shape index (κ2) is 6.13. The maximum atomic E-state index is 13.9. The zero-order valence-corrected chi connectivity index (χ0v) is 12.5. The van der Waals surface area contributed by atoms with Crippen LogP contribution in [0.15, 0.2) is 36.5 Å². The number of aromatic nitrogens is 1. The Balaban J connectivity index is 1.86. The number of halogens is 1. The predicted octanol–water partition coefficient (Wildman–Crippen LogP) is 3.38. The number of aryl methyl sites for hydroxylation is 1. The van der Waals surface area contributed by atoms with E-state index < -0.39 is 5.82 Å². The summed E-state index contributed by atoms with van der Waals surface area (Å²) >= 11 is 0. The van der Waals surface area contributed by atoms with Crippen LogP contribution >= 0.6 is 0 Å². The summed E-state index contributed by atoms with van der Waals surface area (Å²) in [5.41, 5.74) is 1.48. The third-order valence-corrected chi connectivity index (χ3v) is 3.81. The average molecular weight is 299 g/mol. The van der Waals surface area contributed by atoms with Crippen LogP contribution in [0.1, 0.15) is 28.8 Å². The monoisotopic (exact) mass is 299 g/mol. The van der Waals surface area contributed by atoms with Crippen LogP contribution < -0.4 is 10.2 Å². The van der Waals surface area contributed by atoms with E-state index in [4.69, 9.17) is 0 Å². The standard InChI is InChI=1S/C17H18FN3O/c1-12-6-7-15(14(18)11-12)20-17(22)13-5-4-8-19-16(13)21-9-2-3-10-21/h4-8,11H,2-3,9-10H2,1H3,(H,20,22). The Hall–Kier alpha value is -2.43. The first-order valence-electron chi connectivity index (χ1n) is 7.42. The van der Waals surface area contributed by atoms with Gasteiger partial charge in [-0.3, -0.25) is 4.79 Å². The van der Waals surface area contributed by atoms with Crippen molar-refractivity contribution in [1.29, 1.82) is 0 Å². The van der Waals surface area contributed by atoms with Crippen molar-refractivity contribution in [2.24, 2.45) is 0 Å². The molecule has 2 aromatic rings. The van der Waals surface area contributed by atoms with E-state index in [1.807, 2.05) is 0 Å². The van der Waals surface area contributed by atoms with Crippen molar-refractivity contribution in [2.75, 3.05) is 23.3 Å². The SMILES string of the molecule is Cc1ccc(NC(=O)c2cccnc2N2CCCC2)c(F)c1. The molecule has 1 fully saturated rings. The molecule has 114 valence electrons. The fourth-order valence-electron chi connectivity index (χ4n) is 2.67. The average Bonchev–Trinajstić information content (AvgIpc) is 3.04. The predicted molar refractivity (Wildman–Crippen MR) is 84.8 cm³/mol. The van der Waals surface area contributed by atoms with Crippen LogP contribution in [0.5, 0.6) is 0 Å². The minimum atomic E-state index is -0.431. The minimum Gasteiger partial charge on any atom is -0.356 e. The molecule has 1 amide bonds. The van der Waals surface area contributed by atoms with Crippen LogP contribution in [0.4, 0.5) is 15.9 Å². The van der Waals surface area contributed by atoms with E-state index in [1.54, 1.807) is 37.4 Å². The number of nitrogens with one attached hydrogen (secondary N) is 1. The lowest BCUT2D eigenvalue weighted by molar-refractivity contribution is 0.102. The summed E-state index contributed by atoms with van der Waals surface area (Å²) in [7, 11) is 0. The summed E-state index contributed by atoms with van der Waals surface area (Å²) in [6.45, 7) is 3.60. The molecule has 1 aliphatic heterocycles. The molecule has 0 saturated carbocycles. The van der Waals surface area contributed by atoms with Crippen molar-refractivity contribution in [1.82, 2.24) is 4.98 Å². The Bertz CT molecular complexity index is 696. The molecule has 0 radical (unpaired) electrons. The van der Waals surface area contributed by atoms with Crippen molar-refractivity contribution in [3.05, 3.63) is 53.5 Å². The number of anilines is 2. The van der Waals surface area contributed by atoms with Gasteiger partial charge in [0.05, 0.1) is 11.3 Å². The molecule has 2 heterocycles. The van der Waals surface area contributed by atoms with Gasteiger partial charge in [0.15, 0.2) is 0 Å². The topological polar surface area (TPSA) is 45.2 Å². The molecular weight excluding hydrogens is 281 g/mol. The molecule has 1 aromatic carbocycles. The van der Waals surface area contributed by atoms with Crippen molar-refractivity contribution >= 4 is 17.4 Å². The normalized spacial score (nSPS) is 14.2. The molecule has 22 heavy (non-hydrogen) atoms. The van der Waals surface area contributed by atoms with Gasteiger partial charge in [-0.25, -0.2) is 9.37 Å². The number of rotatable bonds is 3. The van der Waals surface area contributed by atoms with Gasteiger partial charge >= 0.3 is 0 Å². The number of carbonyl (C=O) groups is 1. The van der Waals surface area contributed by atoms with E-state index >= 15 is 0 Å². The summed E-state index contributed by atoms with van der Waals surface area (Å²) < 4.78 is 13.9. The van der Waals surface area contributed by atoms with Crippen LogP contribution in [0.2, 0.25) is 0 Å². The fourth-order valence-corrected chi connectivity index (χ4v) is 2.67. The number of pyridine rings is 1. The fraction of sp³-hybridized carbons (Fsp3) is 0.294. The van der Waals surface area contributed by atoms with Crippen molar-refractivity contribution in [3.8, 4) is 0 Å². The molecule has 1 aliphatic rings. The number of hydrogen-bond donors (Lipinski definition) is 1. The summed E-state index contributed by atoms with van der Waals surface area (Å²) in [5, 5.41) is 2.64. The first-order chi connectivity index (χ1) is 10.6. The highest BCUT2D eigenvalue weighted by Crippen LogP contribution is 2.23. The lowest BCUT2D eigenvalue weighted by atomic mass is 10.2. The van der Waals surface area contributed by atoms with E-state index in [-0.39, 0.29) is 11.6 Å². The second-order valence-electron chi connectivity index (χ2n) is 5.51. The zero-order valence-electron chi connectivity index (χ0n) is 12.5. The molecule has 0 unspecified atom stereocenters. The van der Waals surface area contributed by atoms with E-state index in [9.17, 15) is 9.18 Å². The molecular formula is C17H18FN3O. The van der Waals surface area contributed by atoms with Gasteiger partial charge in [-0.15, -0.1) is 0 Å². The zero-order chi connectivity index (χ0) is 15.5. The van der Waals surface area contributed by atoms with Gasteiger partial charge in [0.2, 0.25) is 0 Å². The highest BCUT2D eigenvalue weighted by molar-refractivity contribution is 6.07. The van der Waals surface area contributed by atoms with E-state index in [1.165, 1.54) is 6.07 Å². The van der Waals surface area contributed by atoms with Crippen LogP contribution in [0.3, 0.4) is 0 Å². The largest absolute Gasteiger partial charge is 0.356 e. The number of nitrogens with zero attached hydrogens (tertiary/aromatic N) is 2. The molecule has 1 N–H and O–H groups in total. The van der Waals surface area contributed by atoms with Gasteiger partial charge in [0.1, 0.15) is 11.6 Å². The maximum Gasteiger partial charge on any atom is 0.259 e. The Kier molecular flexibility index (Phi) is 4.04. The van der Waals surface area contributed by atoms with Gasteiger partial charge in [0, 0.05) is 19.3 Å². The quantitative estimate of drug-likeness (QED) is 0.945. The van der Waals surface area contributed by atoms with Gasteiger partial charge in [-0.05, 0) is 49.6 Å². The molecule has 0 atom stereocenters. The van der Waals surface area contributed by atoms with Gasteiger partial charge in [-0.1, -0.05) is 6.07 Å². The second-order valence-corrected chi connectivity index (χ2v) is 5.51. The number of amides is 1. The van der Waals surface area contributed by atoms with Crippen molar-refractivity contribution < 1.29 is 9.18 Å². The first-order valence-corrected chi connectivity index (χ1v) is 7.42. The van der Waals surface area contributed by atoms with Gasteiger partial charge < -0.3 is 10.2 Å². The summed E-state index contributed by atoms with van der Waals surface area (Å²) in [6.07, 6.45) is 3.88. The van der Waals surface area contributed by atoms with Crippen LogP contribution in [0, 0.1) is 12.7 Å². The van der Waals surface area contributed by atoms with E-state index in [2.05, 4.69) is 15.2 Å². The van der Waals surface area contributed by atoms with E-state index in [0.717, 1.165) is 31.5 Å². The Morgan fingerprint density at radius 3 is 2.77 bits per heavy atom. The Morgan fingerprint density at radius 1 is 1.27 bits per heavy atom. The molecule has 0 aliphatic carbocycles. The minimum absolute atomic E-state index is 0.187. The molecule has 1 aromatic heterocycles. The molecule has 0 bridgehead atoms. The van der Waals surface area contributed by atoms with Crippen LogP contribution in [-0.4, -0.2) is 24.0 Å². The number of benzene rings is 1. The van der Waals surface area contributed by atoms with E-state index in [0.29, 0.717) is 11.4 Å². The Labute approximate surface area is 129 Å². The lowest BCUT2D eigenvalue weighted by Crippen LogP contribution is -2.24. The Morgan fingerprint density at radius 2 is 2.05 bits per heavy atom. The molecule has 5 heteroatoms. The third-order valence-electron chi connectivity index (χ3n) is 3.81. The molecule has 0 spiro atoms. The maximum absolute atomic E-state index is 13.9. The van der Waals surface area contributed by atoms with Gasteiger partial charge in [-0.2, -0.15) is 0 Å². The molecule has 3 rings (SSSR count). The number of hydrogen-bond acceptors (Lipinski definition) is 3. The van der Waals surface area contributed by atoms with Crippen molar-refractivity contribution in [3.63, 3.8) is 0 Å². The summed E-state index contributed by atoms with van der Waals surface area (Å²) in [6, 6.07) is 8.19.